The molecule has 0 bridgehead atoms. The van der Waals surface area contributed by atoms with Gasteiger partial charge in [-0.3, -0.25) is 9.59 Å². The lowest BCUT2D eigenvalue weighted by Gasteiger charge is -2.06. The van der Waals surface area contributed by atoms with Gasteiger partial charge in [-0.05, 0) is 24.8 Å². The molecule has 2 amide bonds. The molecule has 10 heteroatoms. The number of hydrogen-bond donors (Lipinski definition) is 2. The van der Waals surface area contributed by atoms with Gasteiger partial charge in [0.1, 0.15) is 10.0 Å². The molecule has 2 heterocycles. The predicted octanol–water partition coefficient (Wildman–Crippen LogP) is 1.73. The number of esters is 1. The number of ether oxygens (including phenoxy) is 2. The largest absolute Gasteiger partial charge is 0.451 e. The average molecular weight is 395 g/mol. The van der Waals surface area contributed by atoms with Gasteiger partial charge >= 0.3 is 5.97 Å². The van der Waals surface area contributed by atoms with Crippen LogP contribution in [0.15, 0.2) is 5.38 Å². The summed E-state index contributed by atoms with van der Waals surface area (Å²) in [6, 6.07) is 0. The fourth-order valence-electron chi connectivity index (χ4n) is 2.72. The number of aryl methyl sites for hydroxylation is 1. The molecule has 0 saturated carbocycles. The van der Waals surface area contributed by atoms with E-state index in [0.717, 1.165) is 29.7 Å². The van der Waals surface area contributed by atoms with Gasteiger partial charge in [0.2, 0.25) is 0 Å². The highest BCUT2D eigenvalue weighted by Gasteiger charge is 2.26. The second-order valence-corrected chi connectivity index (χ2v) is 7.66. The monoisotopic (exact) mass is 395 g/mol. The minimum absolute atomic E-state index is 0.128. The topological polar surface area (TPSA) is 121 Å². The standard InChI is InChI=1S/C16H17N3O5S2/c1-23-6-12-18-9(7-25-12)16(22)24-5-11(20)19-15-13(14(17)21)8-3-2-4-10(8)26-15/h7H,2-6H2,1H3,(H2,17,21)(H,19,20). The molecule has 0 saturated heterocycles. The minimum atomic E-state index is -0.692. The first kappa shape index (κ1) is 18.5. The van der Waals surface area contributed by atoms with Gasteiger partial charge in [0.05, 0.1) is 12.2 Å². The van der Waals surface area contributed by atoms with Gasteiger partial charge in [0.25, 0.3) is 11.8 Å². The Morgan fingerprint density at radius 1 is 1.35 bits per heavy atom. The zero-order valence-electron chi connectivity index (χ0n) is 14.0. The van der Waals surface area contributed by atoms with Crippen molar-refractivity contribution >= 4 is 45.5 Å². The highest BCUT2D eigenvalue weighted by Crippen LogP contribution is 2.38. The second-order valence-electron chi connectivity index (χ2n) is 5.61. The first-order valence-corrected chi connectivity index (χ1v) is 9.54. The molecule has 0 unspecified atom stereocenters. The number of hydrogen-bond acceptors (Lipinski definition) is 8. The number of anilines is 1. The van der Waals surface area contributed by atoms with E-state index in [0.29, 0.717) is 22.2 Å². The number of nitrogens with zero attached hydrogens (tertiary/aromatic N) is 1. The maximum atomic E-state index is 12.1. The number of carbonyl (C=O) groups excluding carboxylic acids is 3. The lowest BCUT2D eigenvalue weighted by molar-refractivity contribution is -0.119. The molecule has 3 rings (SSSR count). The van der Waals surface area contributed by atoms with Crippen LogP contribution in [0.25, 0.3) is 0 Å². The van der Waals surface area contributed by atoms with Crippen LogP contribution in [-0.4, -0.2) is 36.5 Å². The summed E-state index contributed by atoms with van der Waals surface area (Å²) >= 11 is 2.62. The third kappa shape index (κ3) is 3.92. The number of amides is 2. The van der Waals surface area contributed by atoms with Crippen LogP contribution in [0, 0.1) is 0 Å². The normalized spacial score (nSPS) is 12.7. The van der Waals surface area contributed by atoms with Crippen molar-refractivity contribution in [3.63, 3.8) is 0 Å². The Morgan fingerprint density at radius 2 is 2.15 bits per heavy atom. The number of rotatable bonds is 7. The fourth-order valence-corrected chi connectivity index (χ4v) is 4.76. The lowest BCUT2D eigenvalue weighted by atomic mass is 10.1. The summed E-state index contributed by atoms with van der Waals surface area (Å²) < 4.78 is 9.91. The fraction of sp³-hybridized carbons (Fsp3) is 0.375. The van der Waals surface area contributed by atoms with Crippen LogP contribution in [0.5, 0.6) is 0 Å². The Hall–Kier alpha value is -2.30. The van der Waals surface area contributed by atoms with Crippen molar-refractivity contribution in [1.82, 2.24) is 4.98 Å². The van der Waals surface area contributed by atoms with Gasteiger partial charge in [0, 0.05) is 17.4 Å². The van der Waals surface area contributed by atoms with Gasteiger partial charge in [-0.1, -0.05) is 0 Å². The molecule has 2 aromatic rings. The van der Waals surface area contributed by atoms with Crippen LogP contribution in [-0.2, 0) is 33.7 Å². The van der Waals surface area contributed by atoms with E-state index in [1.165, 1.54) is 29.8 Å². The molecule has 0 aliphatic heterocycles. The van der Waals surface area contributed by atoms with Crippen molar-refractivity contribution in [2.24, 2.45) is 5.73 Å². The van der Waals surface area contributed by atoms with E-state index in [1.54, 1.807) is 5.38 Å². The van der Waals surface area contributed by atoms with Crippen LogP contribution >= 0.6 is 22.7 Å². The summed E-state index contributed by atoms with van der Waals surface area (Å²) in [4.78, 5) is 40.9. The van der Waals surface area contributed by atoms with Crippen molar-refractivity contribution in [2.75, 3.05) is 19.0 Å². The Morgan fingerprint density at radius 3 is 2.88 bits per heavy atom. The van der Waals surface area contributed by atoms with Crippen LogP contribution in [0.4, 0.5) is 5.00 Å². The number of carbonyl (C=O) groups is 3. The lowest BCUT2D eigenvalue weighted by Crippen LogP contribution is -2.22. The molecule has 8 nitrogen and oxygen atoms in total. The molecule has 1 aliphatic carbocycles. The van der Waals surface area contributed by atoms with Crippen molar-refractivity contribution in [1.29, 1.82) is 0 Å². The molecule has 3 N–H and O–H groups in total. The highest BCUT2D eigenvalue weighted by molar-refractivity contribution is 7.17. The third-order valence-corrected chi connectivity index (χ3v) is 5.81. The Balaban J connectivity index is 1.59. The second kappa shape index (κ2) is 7.94. The molecular weight excluding hydrogens is 378 g/mol. The zero-order valence-corrected chi connectivity index (χ0v) is 15.6. The molecular formula is C16H17N3O5S2. The maximum Gasteiger partial charge on any atom is 0.358 e. The Bertz CT molecular complexity index is 858. The number of nitrogens with one attached hydrogen (secondary N) is 1. The number of thiazole rings is 1. The van der Waals surface area contributed by atoms with Gasteiger partial charge < -0.3 is 20.5 Å². The molecule has 26 heavy (non-hydrogen) atoms. The van der Waals surface area contributed by atoms with Crippen molar-refractivity contribution < 1.29 is 23.9 Å². The Labute approximate surface area is 157 Å². The van der Waals surface area contributed by atoms with Crippen molar-refractivity contribution in [3.05, 3.63) is 32.1 Å². The average Bonchev–Trinajstić information content (AvgIpc) is 3.28. The van der Waals surface area contributed by atoms with Gasteiger partial charge in [-0.2, -0.15) is 0 Å². The van der Waals surface area contributed by atoms with E-state index >= 15 is 0 Å². The maximum absolute atomic E-state index is 12.1. The van der Waals surface area contributed by atoms with Crippen molar-refractivity contribution in [3.8, 4) is 0 Å². The molecule has 1 aliphatic rings. The van der Waals surface area contributed by atoms with Crippen LogP contribution in [0.3, 0.4) is 0 Å². The van der Waals surface area contributed by atoms with E-state index in [9.17, 15) is 14.4 Å². The van der Waals surface area contributed by atoms with Gasteiger partial charge in [-0.15, -0.1) is 22.7 Å². The molecule has 0 aromatic carbocycles. The number of primary amides is 1. The molecule has 2 aromatic heterocycles. The van der Waals surface area contributed by atoms with E-state index < -0.39 is 24.4 Å². The third-order valence-electron chi connectivity index (χ3n) is 3.78. The van der Waals surface area contributed by atoms with E-state index in [4.69, 9.17) is 15.2 Å². The van der Waals surface area contributed by atoms with E-state index in [2.05, 4.69) is 10.3 Å². The summed E-state index contributed by atoms with van der Waals surface area (Å²) in [6.45, 7) is -0.173. The summed E-state index contributed by atoms with van der Waals surface area (Å²) in [6.07, 6.45) is 2.63. The van der Waals surface area contributed by atoms with Crippen LogP contribution in [0.2, 0.25) is 0 Å². The molecule has 138 valence electrons. The van der Waals surface area contributed by atoms with Crippen LogP contribution in [0.1, 0.15) is 42.7 Å². The first-order chi connectivity index (χ1) is 12.5. The van der Waals surface area contributed by atoms with Gasteiger partial charge in [-0.25, -0.2) is 9.78 Å². The van der Waals surface area contributed by atoms with E-state index in [1.807, 2.05) is 0 Å². The molecule has 0 spiro atoms. The quantitative estimate of drug-likeness (QED) is 0.689. The summed E-state index contributed by atoms with van der Waals surface area (Å²) in [5.41, 5.74) is 6.86. The number of fused-ring (bicyclic) bond motifs is 1. The number of aromatic nitrogens is 1. The van der Waals surface area contributed by atoms with Gasteiger partial charge in [0.15, 0.2) is 12.3 Å². The zero-order chi connectivity index (χ0) is 18.7. The predicted molar refractivity (Wildman–Crippen MR) is 96.6 cm³/mol. The Kier molecular flexibility index (Phi) is 5.64. The van der Waals surface area contributed by atoms with Crippen LogP contribution < -0.4 is 11.1 Å². The minimum Gasteiger partial charge on any atom is -0.451 e. The highest BCUT2D eigenvalue weighted by atomic mass is 32.1. The molecule has 0 atom stereocenters. The SMILES string of the molecule is COCc1nc(C(=O)OCC(=O)Nc2sc3c(c2C(N)=O)CCC3)cs1. The number of nitrogens with two attached hydrogens (primary N) is 1. The number of thiophene rings is 1. The number of methoxy groups -OCH3 is 1. The first-order valence-electron chi connectivity index (χ1n) is 7.84. The molecule has 0 fully saturated rings. The summed E-state index contributed by atoms with van der Waals surface area (Å²) in [5, 5.41) is 5.22. The summed E-state index contributed by atoms with van der Waals surface area (Å²) in [7, 11) is 1.53. The summed E-state index contributed by atoms with van der Waals surface area (Å²) in [5.74, 6) is -1.79. The smallest absolute Gasteiger partial charge is 0.358 e. The molecule has 0 radical (unpaired) electrons. The van der Waals surface area contributed by atoms with E-state index in [-0.39, 0.29) is 5.69 Å². The van der Waals surface area contributed by atoms with Crippen molar-refractivity contribution in [2.45, 2.75) is 25.9 Å².